The highest BCUT2D eigenvalue weighted by molar-refractivity contribution is 9.10. The molecular formula is C15H15BrN2O3. The van der Waals surface area contributed by atoms with Gasteiger partial charge in [-0.1, -0.05) is 0 Å². The number of hydrogen-bond donors (Lipinski definition) is 1. The lowest BCUT2D eigenvalue weighted by Gasteiger charge is -2.14. The molecule has 110 valence electrons. The predicted molar refractivity (Wildman–Crippen MR) is 83.0 cm³/mol. The molecule has 0 saturated carbocycles. The molecule has 1 saturated heterocycles. The lowest BCUT2D eigenvalue weighted by atomic mass is 10.1. The Kier molecular flexibility index (Phi) is 3.35. The fraction of sp³-hybridized carbons (Fsp3) is 0.400. The standard InChI is InChI=1S/C15H15BrN2O3/c16-12-7-18-15(17-6-9-2-1-3-19-9)11-5-14-13(4-10(11)12)20-8-21-14/h4-5,7,9H,1-3,6,8H2,(H,17,18). The van der Waals surface area contributed by atoms with E-state index in [0.29, 0.717) is 0 Å². The minimum atomic E-state index is 0.273. The number of ether oxygens (including phenoxy) is 3. The van der Waals surface area contributed by atoms with E-state index in [1.807, 2.05) is 18.3 Å². The minimum absolute atomic E-state index is 0.273. The second-order valence-corrected chi connectivity index (χ2v) is 6.08. The van der Waals surface area contributed by atoms with Crippen molar-refractivity contribution in [2.24, 2.45) is 0 Å². The van der Waals surface area contributed by atoms with Crippen molar-refractivity contribution in [3.8, 4) is 11.5 Å². The Balaban J connectivity index is 1.69. The molecule has 0 radical (unpaired) electrons. The quantitative estimate of drug-likeness (QED) is 0.920. The summed E-state index contributed by atoms with van der Waals surface area (Å²) in [6.07, 6.45) is 4.33. The lowest BCUT2D eigenvalue weighted by molar-refractivity contribution is 0.120. The topological polar surface area (TPSA) is 52.6 Å². The summed E-state index contributed by atoms with van der Waals surface area (Å²) in [6.45, 7) is 1.91. The number of fused-ring (bicyclic) bond motifs is 2. The van der Waals surface area contributed by atoms with Gasteiger partial charge < -0.3 is 19.5 Å². The van der Waals surface area contributed by atoms with E-state index in [1.54, 1.807) is 0 Å². The summed E-state index contributed by atoms with van der Waals surface area (Å²) in [5.74, 6) is 2.39. The van der Waals surface area contributed by atoms with Gasteiger partial charge in [0.1, 0.15) is 5.82 Å². The second kappa shape index (κ2) is 5.35. The Hall–Kier alpha value is -1.53. The molecule has 21 heavy (non-hydrogen) atoms. The fourth-order valence-electron chi connectivity index (χ4n) is 2.75. The molecular weight excluding hydrogens is 336 g/mol. The van der Waals surface area contributed by atoms with Crippen LogP contribution >= 0.6 is 15.9 Å². The summed E-state index contributed by atoms with van der Waals surface area (Å²) < 4.78 is 17.5. The van der Waals surface area contributed by atoms with Crippen molar-refractivity contribution >= 4 is 32.5 Å². The van der Waals surface area contributed by atoms with Crippen LogP contribution in [0.5, 0.6) is 11.5 Å². The number of pyridine rings is 1. The number of benzene rings is 1. The van der Waals surface area contributed by atoms with E-state index in [-0.39, 0.29) is 12.9 Å². The molecule has 1 unspecified atom stereocenters. The van der Waals surface area contributed by atoms with Crippen LogP contribution in [-0.2, 0) is 4.74 Å². The number of halogens is 1. The first-order valence-corrected chi connectivity index (χ1v) is 7.84. The molecule has 0 bridgehead atoms. The van der Waals surface area contributed by atoms with Crippen LogP contribution in [0.3, 0.4) is 0 Å². The van der Waals surface area contributed by atoms with E-state index >= 15 is 0 Å². The number of rotatable bonds is 3. The molecule has 1 aromatic heterocycles. The maximum absolute atomic E-state index is 5.64. The highest BCUT2D eigenvalue weighted by Crippen LogP contribution is 2.40. The van der Waals surface area contributed by atoms with Gasteiger partial charge in [0.15, 0.2) is 11.5 Å². The van der Waals surface area contributed by atoms with E-state index < -0.39 is 0 Å². The summed E-state index contributed by atoms with van der Waals surface area (Å²) in [5, 5.41) is 5.47. The molecule has 1 aromatic carbocycles. The number of nitrogens with zero attached hydrogens (tertiary/aromatic N) is 1. The molecule has 4 rings (SSSR count). The van der Waals surface area contributed by atoms with Crippen LogP contribution in [0.25, 0.3) is 10.8 Å². The molecule has 1 fully saturated rings. The Bertz CT molecular complexity index is 686. The highest BCUT2D eigenvalue weighted by Gasteiger charge is 2.19. The molecule has 2 aliphatic heterocycles. The fourth-order valence-corrected chi connectivity index (χ4v) is 3.18. The van der Waals surface area contributed by atoms with Crippen molar-refractivity contribution in [2.45, 2.75) is 18.9 Å². The molecule has 0 amide bonds. The number of anilines is 1. The third kappa shape index (κ3) is 2.42. The van der Waals surface area contributed by atoms with E-state index in [2.05, 4.69) is 26.2 Å². The molecule has 0 aliphatic carbocycles. The van der Waals surface area contributed by atoms with Crippen LogP contribution in [0.15, 0.2) is 22.8 Å². The van der Waals surface area contributed by atoms with Crippen LogP contribution in [0, 0.1) is 0 Å². The first kappa shape index (κ1) is 13.2. The normalized spacial score (nSPS) is 20.1. The monoisotopic (exact) mass is 350 g/mol. The molecule has 0 spiro atoms. The zero-order valence-corrected chi connectivity index (χ0v) is 13.0. The Morgan fingerprint density at radius 1 is 1.24 bits per heavy atom. The van der Waals surface area contributed by atoms with E-state index in [4.69, 9.17) is 14.2 Å². The van der Waals surface area contributed by atoms with Crippen molar-refractivity contribution in [3.63, 3.8) is 0 Å². The first-order valence-electron chi connectivity index (χ1n) is 7.04. The summed E-state index contributed by atoms with van der Waals surface area (Å²) >= 11 is 3.55. The first-order chi connectivity index (χ1) is 10.3. The Labute approximate surface area is 130 Å². The average Bonchev–Trinajstić information content (AvgIpc) is 3.16. The maximum Gasteiger partial charge on any atom is 0.231 e. The van der Waals surface area contributed by atoms with Gasteiger partial charge in [0.25, 0.3) is 0 Å². The van der Waals surface area contributed by atoms with Gasteiger partial charge in [-0.2, -0.15) is 0 Å². The van der Waals surface area contributed by atoms with Gasteiger partial charge in [-0.3, -0.25) is 0 Å². The van der Waals surface area contributed by atoms with Crippen molar-refractivity contribution in [2.75, 3.05) is 25.3 Å². The Morgan fingerprint density at radius 2 is 2.05 bits per heavy atom. The number of hydrogen-bond acceptors (Lipinski definition) is 5. The molecule has 1 atom stereocenters. The summed E-state index contributed by atoms with van der Waals surface area (Å²) in [4.78, 5) is 4.48. The minimum Gasteiger partial charge on any atom is -0.454 e. The van der Waals surface area contributed by atoms with Crippen LogP contribution in [0.1, 0.15) is 12.8 Å². The van der Waals surface area contributed by atoms with Gasteiger partial charge in [0.2, 0.25) is 6.79 Å². The third-order valence-electron chi connectivity index (χ3n) is 3.85. The predicted octanol–water partition coefficient (Wildman–Crippen LogP) is 3.32. The smallest absolute Gasteiger partial charge is 0.231 e. The van der Waals surface area contributed by atoms with Crippen LogP contribution in [0.2, 0.25) is 0 Å². The summed E-state index contributed by atoms with van der Waals surface area (Å²) in [7, 11) is 0. The van der Waals surface area contributed by atoms with E-state index in [0.717, 1.165) is 58.6 Å². The van der Waals surface area contributed by atoms with Crippen LogP contribution < -0.4 is 14.8 Å². The molecule has 2 aromatic rings. The van der Waals surface area contributed by atoms with E-state index in [1.165, 1.54) is 0 Å². The largest absolute Gasteiger partial charge is 0.454 e. The molecule has 3 heterocycles. The maximum atomic E-state index is 5.64. The van der Waals surface area contributed by atoms with Gasteiger partial charge in [-0.05, 0) is 40.9 Å². The van der Waals surface area contributed by atoms with Crippen molar-refractivity contribution in [1.29, 1.82) is 0 Å². The zero-order chi connectivity index (χ0) is 14.2. The zero-order valence-electron chi connectivity index (χ0n) is 11.4. The van der Waals surface area contributed by atoms with Gasteiger partial charge in [0.05, 0.1) is 6.10 Å². The summed E-state index contributed by atoms with van der Waals surface area (Å²) in [5.41, 5.74) is 0. The molecule has 1 N–H and O–H groups in total. The van der Waals surface area contributed by atoms with Crippen molar-refractivity contribution in [3.05, 3.63) is 22.8 Å². The van der Waals surface area contributed by atoms with Gasteiger partial charge in [-0.25, -0.2) is 4.98 Å². The van der Waals surface area contributed by atoms with Crippen LogP contribution in [0.4, 0.5) is 5.82 Å². The number of aromatic nitrogens is 1. The molecule has 6 heteroatoms. The lowest BCUT2D eigenvalue weighted by Crippen LogP contribution is -2.19. The van der Waals surface area contributed by atoms with E-state index in [9.17, 15) is 0 Å². The van der Waals surface area contributed by atoms with Crippen molar-refractivity contribution < 1.29 is 14.2 Å². The average molecular weight is 351 g/mol. The Morgan fingerprint density at radius 3 is 2.81 bits per heavy atom. The summed E-state index contributed by atoms with van der Waals surface area (Å²) in [6, 6.07) is 3.97. The molecule has 2 aliphatic rings. The van der Waals surface area contributed by atoms with Gasteiger partial charge in [0, 0.05) is 34.6 Å². The van der Waals surface area contributed by atoms with Gasteiger partial charge >= 0.3 is 0 Å². The number of nitrogens with one attached hydrogen (secondary N) is 1. The van der Waals surface area contributed by atoms with Gasteiger partial charge in [-0.15, -0.1) is 0 Å². The third-order valence-corrected chi connectivity index (χ3v) is 4.49. The SMILES string of the molecule is Brc1cnc(NCC2CCCO2)c2cc3c(cc12)OCO3. The van der Waals surface area contributed by atoms with Crippen molar-refractivity contribution in [1.82, 2.24) is 4.98 Å². The highest BCUT2D eigenvalue weighted by atomic mass is 79.9. The van der Waals surface area contributed by atoms with Crippen LogP contribution in [-0.4, -0.2) is 31.0 Å². The second-order valence-electron chi connectivity index (χ2n) is 5.22. The molecule has 5 nitrogen and oxygen atoms in total.